The first kappa shape index (κ1) is 10.6. The number of benzene rings is 1. The molecule has 0 fully saturated rings. The van der Waals surface area contributed by atoms with E-state index < -0.39 is 0 Å². The monoisotopic (exact) mass is 271 g/mol. The molecule has 0 atom stereocenters. The SMILES string of the molecule is NNC1=Nc2ccc(Br)c(F)c2CCC1. The second-order valence-corrected chi connectivity index (χ2v) is 4.27. The zero-order valence-electron chi connectivity index (χ0n) is 8.06. The molecule has 0 spiro atoms. The van der Waals surface area contributed by atoms with Crippen molar-refractivity contribution in [2.75, 3.05) is 0 Å². The Morgan fingerprint density at radius 1 is 1.40 bits per heavy atom. The van der Waals surface area contributed by atoms with E-state index in [0.717, 1.165) is 12.8 Å². The van der Waals surface area contributed by atoms with Gasteiger partial charge >= 0.3 is 0 Å². The van der Waals surface area contributed by atoms with Gasteiger partial charge in [0, 0.05) is 12.0 Å². The largest absolute Gasteiger partial charge is 0.312 e. The van der Waals surface area contributed by atoms with Gasteiger partial charge < -0.3 is 5.43 Å². The molecule has 0 unspecified atom stereocenters. The number of rotatable bonds is 0. The highest BCUT2D eigenvalue weighted by Crippen LogP contribution is 2.31. The number of nitrogens with one attached hydrogen (secondary N) is 1. The summed E-state index contributed by atoms with van der Waals surface area (Å²) in [5.41, 5.74) is 3.86. The van der Waals surface area contributed by atoms with Crippen LogP contribution in [0.1, 0.15) is 18.4 Å². The van der Waals surface area contributed by atoms with Gasteiger partial charge in [0.15, 0.2) is 0 Å². The van der Waals surface area contributed by atoms with Crippen molar-refractivity contribution in [3.63, 3.8) is 0 Å². The summed E-state index contributed by atoms with van der Waals surface area (Å²) in [6, 6.07) is 3.46. The zero-order chi connectivity index (χ0) is 10.8. The van der Waals surface area contributed by atoms with E-state index in [-0.39, 0.29) is 5.82 Å². The summed E-state index contributed by atoms with van der Waals surface area (Å²) in [5, 5.41) is 0. The van der Waals surface area contributed by atoms with Crippen molar-refractivity contribution < 1.29 is 4.39 Å². The molecule has 0 radical (unpaired) electrons. The maximum Gasteiger partial charge on any atom is 0.142 e. The summed E-state index contributed by atoms with van der Waals surface area (Å²) in [4.78, 5) is 4.28. The first-order chi connectivity index (χ1) is 7.22. The van der Waals surface area contributed by atoms with Gasteiger partial charge in [-0.3, -0.25) is 0 Å². The quantitative estimate of drug-likeness (QED) is 0.563. The molecule has 0 aliphatic carbocycles. The Kier molecular flexibility index (Phi) is 3.02. The standard InChI is InChI=1S/C10H11BrFN3/c11-7-4-5-8-6(10(7)12)2-1-3-9(14-8)15-13/h4-5H,1-3,13H2,(H,14,15). The van der Waals surface area contributed by atoms with Gasteiger partial charge in [-0.25, -0.2) is 15.2 Å². The summed E-state index contributed by atoms with van der Waals surface area (Å²) in [6.07, 6.45) is 2.29. The fraction of sp³-hybridized carbons (Fsp3) is 0.300. The van der Waals surface area contributed by atoms with Crippen LogP contribution in [-0.4, -0.2) is 5.84 Å². The van der Waals surface area contributed by atoms with Crippen LogP contribution in [0.15, 0.2) is 21.6 Å². The number of halogens is 2. The molecule has 5 heteroatoms. The molecular weight excluding hydrogens is 261 g/mol. The molecule has 2 rings (SSSR count). The molecule has 0 saturated heterocycles. The highest BCUT2D eigenvalue weighted by Gasteiger charge is 2.15. The Balaban J connectivity index is 2.52. The van der Waals surface area contributed by atoms with Gasteiger partial charge in [-0.15, -0.1) is 0 Å². The summed E-state index contributed by atoms with van der Waals surface area (Å²) in [7, 11) is 0. The van der Waals surface area contributed by atoms with Crippen LogP contribution in [0.4, 0.5) is 10.1 Å². The van der Waals surface area contributed by atoms with Crippen LogP contribution in [0.3, 0.4) is 0 Å². The van der Waals surface area contributed by atoms with Crippen LogP contribution in [0.2, 0.25) is 0 Å². The molecule has 0 aromatic heterocycles. The number of amidine groups is 1. The molecular formula is C10H11BrFN3. The summed E-state index contributed by atoms with van der Waals surface area (Å²) in [6.45, 7) is 0. The van der Waals surface area contributed by atoms with Crippen molar-refractivity contribution in [3.05, 3.63) is 28.0 Å². The lowest BCUT2D eigenvalue weighted by atomic mass is 10.1. The number of nitrogens with two attached hydrogens (primary N) is 1. The lowest BCUT2D eigenvalue weighted by Gasteiger charge is -2.05. The van der Waals surface area contributed by atoms with Gasteiger partial charge in [0.05, 0.1) is 10.2 Å². The summed E-state index contributed by atoms with van der Waals surface area (Å²) < 4.78 is 14.2. The molecule has 0 amide bonds. The lowest BCUT2D eigenvalue weighted by molar-refractivity contribution is 0.601. The van der Waals surface area contributed by atoms with E-state index in [4.69, 9.17) is 5.84 Å². The zero-order valence-corrected chi connectivity index (χ0v) is 9.64. The van der Waals surface area contributed by atoms with E-state index in [1.165, 1.54) is 0 Å². The predicted octanol–water partition coefficient (Wildman–Crippen LogP) is 2.42. The van der Waals surface area contributed by atoms with Crippen LogP contribution in [0.25, 0.3) is 0 Å². The third kappa shape index (κ3) is 2.03. The minimum absolute atomic E-state index is 0.213. The number of hydrogen-bond donors (Lipinski definition) is 2. The second kappa shape index (κ2) is 4.28. The Morgan fingerprint density at radius 2 is 2.20 bits per heavy atom. The van der Waals surface area contributed by atoms with Gasteiger partial charge in [-0.2, -0.15) is 0 Å². The van der Waals surface area contributed by atoms with Crippen LogP contribution < -0.4 is 11.3 Å². The molecule has 80 valence electrons. The normalized spacial score (nSPS) is 15.3. The van der Waals surface area contributed by atoms with Crippen molar-refractivity contribution >= 4 is 27.5 Å². The molecule has 3 N–H and O–H groups in total. The number of hydrazine groups is 1. The molecule has 0 saturated carbocycles. The van der Waals surface area contributed by atoms with Crippen molar-refractivity contribution in [1.82, 2.24) is 5.43 Å². The number of nitrogens with zero attached hydrogens (tertiary/aromatic N) is 1. The van der Waals surface area contributed by atoms with Gasteiger partial charge in [0.2, 0.25) is 0 Å². The topological polar surface area (TPSA) is 50.4 Å². The molecule has 1 aromatic carbocycles. The fourth-order valence-electron chi connectivity index (χ4n) is 1.66. The molecule has 1 heterocycles. The minimum atomic E-state index is -0.213. The predicted molar refractivity (Wildman–Crippen MR) is 61.5 cm³/mol. The Morgan fingerprint density at radius 3 is 2.93 bits per heavy atom. The Labute approximate surface area is 95.7 Å². The van der Waals surface area contributed by atoms with Gasteiger partial charge in [-0.1, -0.05) is 0 Å². The Bertz CT molecular complexity index is 417. The maximum absolute atomic E-state index is 13.7. The smallest absolute Gasteiger partial charge is 0.142 e. The van der Waals surface area contributed by atoms with Crippen molar-refractivity contribution in [1.29, 1.82) is 0 Å². The van der Waals surface area contributed by atoms with E-state index in [0.29, 0.717) is 28.0 Å². The summed E-state index contributed by atoms with van der Waals surface area (Å²) in [5.74, 6) is 5.80. The molecule has 0 bridgehead atoms. The summed E-state index contributed by atoms with van der Waals surface area (Å²) >= 11 is 3.17. The molecule has 15 heavy (non-hydrogen) atoms. The van der Waals surface area contributed by atoms with E-state index in [1.807, 2.05) is 0 Å². The second-order valence-electron chi connectivity index (χ2n) is 3.42. The molecule has 1 aliphatic rings. The highest BCUT2D eigenvalue weighted by atomic mass is 79.9. The third-order valence-corrected chi connectivity index (χ3v) is 3.05. The molecule has 3 nitrogen and oxygen atoms in total. The number of fused-ring (bicyclic) bond motifs is 1. The van der Waals surface area contributed by atoms with Crippen LogP contribution in [-0.2, 0) is 6.42 Å². The minimum Gasteiger partial charge on any atom is -0.312 e. The van der Waals surface area contributed by atoms with E-state index >= 15 is 0 Å². The van der Waals surface area contributed by atoms with Crippen LogP contribution >= 0.6 is 15.9 Å². The number of hydrogen-bond acceptors (Lipinski definition) is 3. The van der Waals surface area contributed by atoms with Crippen molar-refractivity contribution in [3.8, 4) is 0 Å². The van der Waals surface area contributed by atoms with E-state index in [1.54, 1.807) is 12.1 Å². The third-order valence-electron chi connectivity index (χ3n) is 2.43. The van der Waals surface area contributed by atoms with Crippen molar-refractivity contribution in [2.24, 2.45) is 10.8 Å². The van der Waals surface area contributed by atoms with Crippen LogP contribution in [0, 0.1) is 5.82 Å². The number of aliphatic imine (C=N–C) groups is 1. The van der Waals surface area contributed by atoms with E-state index in [9.17, 15) is 4.39 Å². The van der Waals surface area contributed by atoms with Gasteiger partial charge in [0.1, 0.15) is 11.7 Å². The lowest BCUT2D eigenvalue weighted by Crippen LogP contribution is -2.29. The van der Waals surface area contributed by atoms with E-state index in [2.05, 4.69) is 26.3 Å². The fourth-order valence-corrected chi connectivity index (χ4v) is 2.03. The average Bonchev–Trinajstić information content (AvgIpc) is 2.45. The molecule has 1 aromatic rings. The van der Waals surface area contributed by atoms with Crippen LogP contribution in [0.5, 0.6) is 0 Å². The first-order valence-corrected chi connectivity index (χ1v) is 5.52. The maximum atomic E-state index is 13.7. The van der Waals surface area contributed by atoms with Gasteiger partial charge in [0.25, 0.3) is 0 Å². The average molecular weight is 272 g/mol. The van der Waals surface area contributed by atoms with Gasteiger partial charge in [-0.05, 0) is 40.9 Å². The van der Waals surface area contributed by atoms with Crippen molar-refractivity contribution in [2.45, 2.75) is 19.3 Å². The molecule has 1 aliphatic heterocycles. The Hall–Kier alpha value is -0.940. The highest BCUT2D eigenvalue weighted by molar-refractivity contribution is 9.10. The first-order valence-electron chi connectivity index (χ1n) is 4.73.